The fourth-order valence-corrected chi connectivity index (χ4v) is 3.71. The van der Waals surface area contributed by atoms with Crippen LogP contribution >= 0.6 is 0 Å². The van der Waals surface area contributed by atoms with Gasteiger partial charge in [-0.2, -0.15) is 5.26 Å². The molecule has 0 unspecified atom stereocenters. The van der Waals surface area contributed by atoms with E-state index in [1.807, 2.05) is 48.3 Å². The van der Waals surface area contributed by atoms with Crippen molar-refractivity contribution in [3.05, 3.63) is 84.2 Å². The fourth-order valence-electron chi connectivity index (χ4n) is 3.71. The number of carbonyl (C=O) groups is 2. The number of pyridine rings is 1. The van der Waals surface area contributed by atoms with Crippen LogP contribution < -0.4 is 10.2 Å². The predicted octanol–water partition coefficient (Wildman–Crippen LogP) is 3.71. The Hall–Kier alpha value is -4.38. The topological polar surface area (TPSA) is 92.6 Å². The molecule has 0 radical (unpaired) electrons. The van der Waals surface area contributed by atoms with Gasteiger partial charge in [0.05, 0.1) is 11.6 Å². The standard InChI is InChI=1S/C25H24N6O2/c1-29(23-9-11-27-12-10-23)22-7-5-20(6-8-22)24(32)30-13-15-31(16-14-30)25(33)28-21-4-2-3-19(17-21)18-26/h2-12,17H,13-16H2,1H3,(H,28,33). The molecular weight excluding hydrogens is 416 g/mol. The second-order valence-electron chi connectivity index (χ2n) is 7.71. The van der Waals surface area contributed by atoms with E-state index < -0.39 is 0 Å². The van der Waals surface area contributed by atoms with Crippen molar-refractivity contribution < 1.29 is 9.59 Å². The van der Waals surface area contributed by atoms with Gasteiger partial charge in [0.25, 0.3) is 5.91 Å². The summed E-state index contributed by atoms with van der Waals surface area (Å²) in [5, 5.41) is 11.8. The molecule has 0 spiro atoms. The molecule has 2 aromatic carbocycles. The van der Waals surface area contributed by atoms with E-state index in [0.717, 1.165) is 11.4 Å². The third kappa shape index (κ3) is 5.10. The molecule has 3 amide bonds. The van der Waals surface area contributed by atoms with Gasteiger partial charge in [0, 0.05) is 68.2 Å². The molecule has 166 valence electrons. The highest BCUT2D eigenvalue weighted by molar-refractivity contribution is 5.95. The van der Waals surface area contributed by atoms with Crippen LogP contribution in [0, 0.1) is 11.3 Å². The van der Waals surface area contributed by atoms with E-state index in [1.165, 1.54) is 0 Å². The van der Waals surface area contributed by atoms with Gasteiger partial charge >= 0.3 is 6.03 Å². The van der Waals surface area contributed by atoms with E-state index in [0.29, 0.717) is 43.0 Å². The normalized spacial score (nSPS) is 13.2. The molecule has 8 heteroatoms. The highest BCUT2D eigenvalue weighted by Crippen LogP contribution is 2.23. The molecule has 33 heavy (non-hydrogen) atoms. The van der Waals surface area contributed by atoms with E-state index in [4.69, 9.17) is 5.26 Å². The summed E-state index contributed by atoms with van der Waals surface area (Å²) in [5.41, 5.74) is 3.67. The Morgan fingerprint density at radius 1 is 0.939 bits per heavy atom. The second-order valence-corrected chi connectivity index (χ2v) is 7.71. The molecular formula is C25H24N6O2. The van der Waals surface area contributed by atoms with Crippen LogP contribution in [0.15, 0.2) is 73.1 Å². The van der Waals surface area contributed by atoms with Crippen LogP contribution in [0.2, 0.25) is 0 Å². The van der Waals surface area contributed by atoms with Crippen LogP contribution in [0.4, 0.5) is 21.9 Å². The molecule has 0 atom stereocenters. The number of rotatable bonds is 4. The number of urea groups is 1. The Bertz CT molecular complexity index is 1170. The third-order valence-electron chi connectivity index (χ3n) is 5.65. The van der Waals surface area contributed by atoms with Crippen LogP contribution in [-0.2, 0) is 0 Å². The highest BCUT2D eigenvalue weighted by atomic mass is 16.2. The van der Waals surface area contributed by atoms with Gasteiger partial charge in [-0.3, -0.25) is 9.78 Å². The molecule has 1 aliphatic heterocycles. The van der Waals surface area contributed by atoms with Crippen molar-refractivity contribution in [2.75, 3.05) is 43.4 Å². The van der Waals surface area contributed by atoms with E-state index in [-0.39, 0.29) is 11.9 Å². The number of carbonyl (C=O) groups excluding carboxylic acids is 2. The summed E-state index contributed by atoms with van der Waals surface area (Å²) in [7, 11) is 1.97. The number of aromatic nitrogens is 1. The lowest BCUT2D eigenvalue weighted by Gasteiger charge is -2.34. The SMILES string of the molecule is CN(c1ccncc1)c1ccc(C(=O)N2CCN(C(=O)Nc3cccc(C#N)c3)CC2)cc1. The third-order valence-corrected chi connectivity index (χ3v) is 5.65. The first-order chi connectivity index (χ1) is 16.0. The average Bonchev–Trinajstić information content (AvgIpc) is 2.88. The molecule has 3 aromatic rings. The maximum atomic E-state index is 12.9. The first-order valence-corrected chi connectivity index (χ1v) is 10.6. The zero-order valence-corrected chi connectivity index (χ0v) is 18.3. The monoisotopic (exact) mass is 440 g/mol. The lowest BCUT2D eigenvalue weighted by molar-refractivity contribution is 0.0671. The number of nitriles is 1. The number of anilines is 3. The molecule has 1 saturated heterocycles. The van der Waals surface area contributed by atoms with E-state index in [9.17, 15) is 9.59 Å². The van der Waals surface area contributed by atoms with Gasteiger partial charge in [0.15, 0.2) is 0 Å². The summed E-state index contributed by atoms with van der Waals surface area (Å²) in [6, 6.07) is 20.0. The zero-order valence-electron chi connectivity index (χ0n) is 18.3. The Balaban J connectivity index is 1.32. The van der Waals surface area contributed by atoms with Crippen LogP contribution in [0.1, 0.15) is 15.9 Å². The minimum absolute atomic E-state index is 0.0464. The summed E-state index contributed by atoms with van der Waals surface area (Å²) < 4.78 is 0. The maximum absolute atomic E-state index is 12.9. The number of hydrogen-bond donors (Lipinski definition) is 1. The molecule has 0 saturated carbocycles. The van der Waals surface area contributed by atoms with Crippen molar-refractivity contribution in [2.45, 2.75) is 0 Å². The first-order valence-electron chi connectivity index (χ1n) is 10.6. The minimum atomic E-state index is -0.235. The van der Waals surface area contributed by atoms with Gasteiger partial charge < -0.3 is 20.0 Å². The summed E-state index contributed by atoms with van der Waals surface area (Å²) >= 11 is 0. The van der Waals surface area contributed by atoms with E-state index in [1.54, 1.807) is 46.5 Å². The van der Waals surface area contributed by atoms with Crippen LogP contribution in [0.3, 0.4) is 0 Å². The number of amides is 3. The van der Waals surface area contributed by atoms with Crippen LogP contribution in [-0.4, -0.2) is 59.9 Å². The van der Waals surface area contributed by atoms with Crippen molar-refractivity contribution >= 4 is 29.0 Å². The Morgan fingerprint density at radius 2 is 1.58 bits per heavy atom. The van der Waals surface area contributed by atoms with Gasteiger partial charge in [-0.05, 0) is 54.6 Å². The number of piperazine rings is 1. The van der Waals surface area contributed by atoms with Crippen molar-refractivity contribution in [3.63, 3.8) is 0 Å². The quantitative estimate of drug-likeness (QED) is 0.668. The molecule has 1 N–H and O–H groups in total. The van der Waals surface area contributed by atoms with Crippen molar-refractivity contribution in [1.29, 1.82) is 5.26 Å². The summed E-state index contributed by atoms with van der Waals surface area (Å²) in [4.78, 5) is 35.0. The molecule has 1 fully saturated rings. The predicted molar refractivity (Wildman–Crippen MR) is 126 cm³/mol. The molecule has 8 nitrogen and oxygen atoms in total. The molecule has 0 aliphatic carbocycles. The van der Waals surface area contributed by atoms with E-state index in [2.05, 4.69) is 16.4 Å². The van der Waals surface area contributed by atoms with Crippen molar-refractivity contribution in [2.24, 2.45) is 0 Å². The van der Waals surface area contributed by atoms with Gasteiger partial charge in [0.2, 0.25) is 0 Å². The van der Waals surface area contributed by atoms with E-state index >= 15 is 0 Å². The van der Waals surface area contributed by atoms with Gasteiger partial charge in [0.1, 0.15) is 0 Å². The number of hydrogen-bond acceptors (Lipinski definition) is 5. The molecule has 1 aliphatic rings. The summed E-state index contributed by atoms with van der Waals surface area (Å²) in [5.74, 6) is -0.0464. The number of nitrogens with one attached hydrogen (secondary N) is 1. The van der Waals surface area contributed by atoms with Gasteiger partial charge in [-0.1, -0.05) is 6.07 Å². The second kappa shape index (κ2) is 9.83. The van der Waals surface area contributed by atoms with Gasteiger partial charge in [-0.15, -0.1) is 0 Å². The lowest BCUT2D eigenvalue weighted by Crippen LogP contribution is -2.51. The van der Waals surface area contributed by atoms with Gasteiger partial charge in [-0.25, -0.2) is 4.79 Å². The maximum Gasteiger partial charge on any atom is 0.321 e. The number of nitrogens with zero attached hydrogens (tertiary/aromatic N) is 5. The zero-order chi connectivity index (χ0) is 23.2. The summed E-state index contributed by atoms with van der Waals surface area (Å²) in [6.45, 7) is 1.81. The van der Waals surface area contributed by atoms with Crippen molar-refractivity contribution in [1.82, 2.24) is 14.8 Å². The Kier molecular flexibility index (Phi) is 6.51. The summed E-state index contributed by atoms with van der Waals surface area (Å²) in [6.07, 6.45) is 3.49. The minimum Gasteiger partial charge on any atom is -0.345 e. The highest BCUT2D eigenvalue weighted by Gasteiger charge is 2.25. The average molecular weight is 441 g/mol. The number of benzene rings is 2. The smallest absolute Gasteiger partial charge is 0.321 e. The Labute approximate surface area is 192 Å². The largest absolute Gasteiger partial charge is 0.345 e. The fraction of sp³-hybridized carbons (Fsp3) is 0.200. The van der Waals surface area contributed by atoms with Crippen LogP contribution in [0.5, 0.6) is 0 Å². The Morgan fingerprint density at radius 3 is 2.24 bits per heavy atom. The molecule has 1 aromatic heterocycles. The van der Waals surface area contributed by atoms with Crippen molar-refractivity contribution in [3.8, 4) is 6.07 Å². The lowest BCUT2D eigenvalue weighted by atomic mass is 10.1. The molecule has 4 rings (SSSR count). The van der Waals surface area contributed by atoms with Crippen LogP contribution in [0.25, 0.3) is 0 Å². The first kappa shape index (κ1) is 21.8. The molecule has 0 bridgehead atoms. The molecule has 2 heterocycles.